The average molecular weight is 1890 g/mol. The van der Waals surface area contributed by atoms with Gasteiger partial charge in [0.1, 0.15) is 0 Å². The Hall–Kier alpha value is -19.0. The number of hydrogen-bond donors (Lipinski definition) is 0. The van der Waals surface area contributed by atoms with E-state index in [0.717, 1.165) is 90.5 Å². The van der Waals surface area contributed by atoms with Crippen molar-refractivity contribution >= 4 is 89.8 Å². The van der Waals surface area contributed by atoms with Crippen LogP contribution in [-0.4, -0.2) is 0 Å². The molecular formula is C144H108N4. The fraction of sp³-hybridized carbons (Fsp3) is 0.0278. The number of hydrogen-bond acceptors (Lipinski definition) is 4. The van der Waals surface area contributed by atoms with Gasteiger partial charge < -0.3 is 19.6 Å². The van der Waals surface area contributed by atoms with Gasteiger partial charge in [0.05, 0.1) is 0 Å². The first-order valence-corrected chi connectivity index (χ1v) is 50.9. The zero-order chi connectivity index (χ0) is 99.6. The Morgan fingerprint density at radius 3 is 0.480 bits per heavy atom. The Kier molecular flexibility index (Phi) is 26.5. The second-order valence-electron chi connectivity index (χ2n) is 38.3. The maximum atomic E-state index is 2.36. The zero-order valence-electron chi connectivity index (χ0n) is 83.2. The number of benzene rings is 24. The molecule has 24 rings (SSSR count). The Morgan fingerprint density at radius 1 is 0.101 bits per heavy atom. The number of rotatable bonds is 24. The molecule has 4 heteroatoms. The van der Waals surface area contributed by atoms with E-state index in [9.17, 15) is 0 Å². The number of fused-ring (bicyclic) bond motifs is 2. The summed E-state index contributed by atoms with van der Waals surface area (Å²) < 4.78 is 0. The Morgan fingerprint density at radius 2 is 0.250 bits per heavy atom. The Bertz CT molecular complexity index is 8490. The lowest BCUT2D eigenvalue weighted by Gasteiger charge is -2.27. The number of nitrogens with zero attached hydrogens (tertiary/aromatic N) is 4. The van der Waals surface area contributed by atoms with E-state index in [1.165, 1.54) is 155 Å². The van der Waals surface area contributed by atoms with E-state index < -0.39 is 0 Å². The van der Waals surface area contributed by atoms with Gasteiger partial charge in [-0.25, -0.2) is 0 Å². The van der Waals surface area contributed by atoms with Gasteiger partial charge in [-0.15, -0.1) is 0 Å². The molecule has 0 heterocycles. The number of aryl methyl sites for hydroxylation is 4. The second-order valence-corrected chi connectivity index (χ2v) is 38.3. The van der Waals surface area contributed by atoms with Gasteiger partial charge >= 0.3 is 0 Å². The minimum Gasteiger partial charge on any atom is -0.311 e. The summed E-state index contributed by atoms with van der Waals surface area (Å²) in [6.07, 6.45) is 0. The van der Waals surface area contributed by atoms with E-state index in [1.807, 2.05) is 0 Å². The van der Waals surface area contributed by atoms with Crippen molar-refractivity contribution < 1.29 is 0 Å². The molecule has 0 saturated carbocycles. The highest BCUT2D eigenvalue weighted by Gasteiger charge is 2.23. The summed E-state index contributed by atoms with van der Waals surface area (Å²) in [5.41, 5.74) is 46.9. The largest absolute Gasteiger partial charge is 0.311 e. The van der Waals surface area contributed by atoms with Crippen LogP contribution in [0.2, 0.25) is 0 Å². The lowest BCUT2D eigenvalue weighted by atomic mass is 9.96. The average Bonchev–Trinajstić information content (AvgIpc) is 0.787. The van der Waals surface area contributed by atoms with Crippen LogP contribution in [-0.2, 0) is 0 Å². The molecule has 0 saturated heterocycles. The van der Waals surface area contributed by atoms with Gasteiger partial charge in [-0.05, 0) is 334 Å². The molecule has 0 aliphatic heterocycles. The van der Waals surface area contributed by atoms with Crippen molar-refractivity contribution in [1.29, 1.82) is 0 Å². The first-order valence-electron chi connectivity index (χ1n) is 50.9. The summed E-state index contributed by atoms with van der Waals surface area (Å²) in [7, 11) is 0. The summed E-state index contributed by atoms with van der Waals surface area (Å²) in [5.74, 6) is 0. The SMILES string of the molecule is Cc1cc(C)cc(-c2ccc(-c3ccc(N(c4ccc(-c5ccc(N(c6ccc(-c7ccccc7)cc6)c6ccc(-c7ccccc7)cc6)cc5)cc4)c4ccc(-c5cccc6ccccc56)cc4)cc3)cc2)c1.Cc1cc(C)cc(-c2cccc(-c3ccc(N(c4ccc(-c5ccc(N(c6ccc(-c7ccccc7)cc6)c6ccc(-c7ccccc7)cc6)cc5)cc4)c4ccc(-c5cccc6ccccc56)cc4)cc3)c2)c1. The van der Waals surface area contributed by atoms with Crippen molar-refractivity contribution in [2.24, 2.45) is 0 Å². The summed E-state index contributed by atoms with van der Waals surface area (Å²) in [5, 5.41) is 4.99. The molecule has 0 aliphatic carbocycles. The third kappa shape index (κ3) is 20.3. The Balaban J connectivity index is 0.000000163. The van der Waals surface area contributed by atoms with Crippen LogP contribution >= 0.6 is 0 Å². The van der Waals surface area contributed by atoms with Crippen molar-refractivity contribution in [2.75, 3.05) is 19.6 Å². The molecule has 4 nitrogen and oxygen atoms in total. The van der Waals surface area contributed by atoms with Crippen molar-refractivity contribution in [3.8, 4) is 134 Å². The van der Waals surface area contributed by atoms with E-state index in [-0.39, 0.29) is 0 Å². The maximum Gasteiger partial charge on any atom is 0.0462 e. The molecule has 0 spiro atoms. The van der Waals surface area contributed by atoms with Crippen LogP contribution in [0.15, 0.2) is 582 Å². The molecule has 0 amide bonds. The van der Waals surface area contributed by atoms with Crippen molar-refractivity contribution in [2.45, 2.75) is 27.7 Å². The fourth-order valence-corrected chi connectivity index (χ4v) is 20.9. The van der Waals surface area contributed by atoms with Crippen molar-refractivity contribution in [3.63, 3.8) is 0 Å². The van der Waals surface area contributed by atoms with Gasteiger partial charge in [0.2, 0.25) is 0 Å². The van der Waals surface area contributed by atoms with Crippen LogP contribution in [0.1, 0.15) is 22.3 Å². The zero-order valence-corrected chi connectivity index (χ0v) is 83.2. The van der Waals surface area contributed by atoms with Crippen LogP contribution in [0.4, 0.5) is 68.2 Å². The summed E-state index contributed by atoms with van der Waals surface area (Å²) in [6.45, 7) is 8.66. The van der Waals surface area contributed by atoms with Crippen LogP contribution in [0.5, 0.6) is 0 Å². The fourth-order valence-electron chi connectivity index (χ4n) is 20.9. The smallest absolute Gasteiger partial charge is 0.0462 e. The van der Waals surface area contributed by atoms with Gasteiger partial charge in [0, 0.05) is 68.2 Å². The van der Waals surface area contributed by atoms with Crippen molar-refractivity contribution in [3.05, 3.63) is 605 Å². The van der Waals surface area contributed by atoms with Gasteiger partial charge in [-0.1, -0.05) is 453 Å². The molecule has 704 valence electrons. The summed E-state index contributed by atoms with van der Waals surface area (Å²) in [4.78, 5) is 9.40. The Labute approximate surface area is 868 Å². The van der Waals surface area contributed by atoms with E-state index in [2.05, 4.69) is 630 Å². The predicted molar refractivity (Wildman–Crippen MR) is 631 cm³/mol. The molecule has 0 radical (unpaired) electrons. The predicted octanol–water partition coefficient (Wildman–Crippen LogP) is 40.8. The monoisotopic (exact) mass is 1890 g/mol. The highest BCUT2D eigenvalue weighted by molar-refractivity contribution is 5.99. The van der Waals surface area contributed by atoms with Gasteiger partial charge in [0.25, 0.3) is 0 Å². The summed E-state index contributed by atoms with van der Waals surface area (Å²) >= 11 is 0. The molecule has 0 N–H and O–H groups in total. The van der Waals surface area contributed by atoms with E-state index >= 15 is 0 Å². The lowest BCUT2D eigenvalue weighted by molar-refractivity contribution is 1.28. The van der Waals surface area contributed by atoms with Crippen LogP contribution < -0.4 is 19.6 Å². The molecule has 0 atom stereocenters. The molecule has 0 unspecified atom stereocenters. The quantitative estimate of drug-likeness (QED) is 0.0598. The van der Waals surface area contributed by atoms with Gasteiger partial charge in [-0.2, -0.15) is 0 Å². The molecule has 0 aromatic heterocycles. The summed E-state index contributed by atoms with van der Waals surface area (Å²) in [6, 6.07) is 211. The molecule has 24 aromatic rings. The number of anilines is 12. The van der Waals surface area contributed by atoms with Crippen LogP contribution in [0.25, 0.3) is 155 Å². The second kappa shape index (κ2) is 42.3. The molecule has 24 aromatic carbocycles. The van der Waals surface area contributed by atoms with E-state index in [0.29, 0.717) is 0 Å². The highest BCUT2D eigenvalue weighted by Crippen LogP contribution is 2.47. The van der Waals surface area contributed by atoms with Crippen LogP contribution in [0, 0.1) is 27.7 Å². The molecular weight excluding hydrogens is 1790 g/mol. The van der Waals surface area contributed by atoms with Gasteiger partial charge in [0.15, 0.2) is 0 Å². The molecule has 0 bridgehead atoms. The minimum absolute atomic E-state index is 1.08. The maximum absolute atomic E-state index is 2.36. The standard InChI is InChI=1S/2C72H54N2/c1-51-47-52(2)49-64(48-51)63-20-11-19-62(50-63)59-31-43-69(44-32-59)74(70-45-33-61(34-46-70)72-22-12-18-60-17-9-10-21-71(60)72)68-41-29-58(30-42-68)57-27-39-67(40-28-57)73(65-35-23-55(24-36-65)53-13-5-3-6-14-53)66-37-25-56(26-38-66)54-15-7-4-8-16-54;1-51-48-52(2)50-64(49-51)61-22-20-55(21-23-61)58-28-40-68(41-29-58)74(70-46-34-63(35-47-70)72-19-11-17-62-16-9-10-18-71(62)72)69-44-32-60(33-45-69)59-30-42-67(43-31-59)73(65-36-24-56(25-37-65)53-12-5-3-6-13-53)66-38-26-57(27-39-66)54-14-7-4-8-15-54/h2*3-50H,1-2H3. The third-order valence-corrected chi connectivity index (χ3v) is 28.3. The molecule has 0 aliphatic rings. The third-order valence-electron chi connectivity index (χ3n) is 28.3. The molecule has 148 heavy (non-hydrogen) atoms. The lowest BCUT2D eigenvalue weighted by Crippen LogP contribution is -2.10. The first-order chi connectivity index (χ1) is 72.9. The minimum atomic E-state index is 1.08. The highest BCUT2D eigenvalue weighted by atomic mass is 15.2. The molecule has 0 fully saturated rings. The van der Waals surface area contributed by atoms with E-state index in [4.69, 9.17) is 0 Å². The van der Waals surface area contributed by atoms with E-state index in [1.54, 1.807) is 0 Å². The van der Waals surface area contributed by atoms with Crippen LogP contribution in [0.3, 0.4) is 0 Å². The first kappa shape index (κ1) is 92.7. The van der Waals surface area contributed by atoms with Crippen molar-refractivity contribution in [1.82, 2.24) is 0 Å². The van der Waals surface area contributed by atoms with Gasteiger partial charge in [-0.3, -0.25) is 0 Å². The topological polar surface area (TPSA) is 13.0 Å². The normalized spacial score (nSPS) is 11.1.